The molecular weight excluding hydrogens is 269 g/mol. The number of nitrogens with two attached hydrogens (primary N) is 1. The smallest absolute Gasteiger partial charge is 0.341 e. The maximum absolute atomic E-state index is 13.4. The molecule has 1 aromatic rings. The highest BCUT2D eigenvalue weighted by atomic mass is 35.5. The third kappa shape index (κ3) is 2.72. The van der Waals surface area contributed by atoms with E-state index in [1.807, 2.05) is 0 Å². The van der Waals surface area contributed by atoms with E-state index in [2.05, 4.69) is 4.99 Å². The number of nitro benzene ring substituents is 1. The van der Waals surface area contributed by atoms with Gasteiger partial charge in [-0.15, -0.1) is 11.6 Å². The molecule has 9 heteroatoms. The van der Waals surface area contributed by atoms with Crippen LogP contribution in [0.4, 0.5) is 15.8 Å². The van der Waals surface area contributed by atoms with Gasteiger partial charge in [-0.2, -0.15) is 0 Å². The van der Waals surface area contributed by atoms with E-state index in [1.54, 1.807) is 0 Å². The van der Waals surface area contributed by atoms with Crippen LogP contribution in [0, 0.1) is 15.9 Å². The van der Waals surface area contributed by atoms with Crippen LogP contribution in [0.1, 0.15) is 10.4 Å². The molecule has 0 aliphatic carbocycles. The van der Waals surface area contributed by atoms with Crippen molar-refractivity contribution in [1.82, 2.24) is 0 Å². The van der Waals surface area contributed by atoms with Gasteiger partial charge >= 0.3 is 5.97 Å². The fourth-order valence-electron chi connectivity index (χ4n) is 1.19. The molecule has 0 amide bonds. The number of nitrogens with zero attached hydrogens (tertiary/aromatic N) is 2. The normalized spacial score (nSPS) is 11.3. The molecule has 0 spiro atoms. The number of amidine groups is 1. The quantitative estimate of drug-likeness (QED) is 0.285. The average molecular weight is 276 g/mol. The second-order valence-electron chi connectivity index (χ2n) is 3.09. The van der Waals surface area contributed by atoms with Crippen LogP contribution in [0.15, 0.2) is 17.1 Å². The van der Waals surface area contributed by atoms with Gasteiger partial charge in [0.15, 0.2) is 5.69 Å². The summed E-state index contributed by atoms with van der Waals surface area (Å²) in [5.41, 5.74) is 3.03. The minimum Gasteiger partial charge on any atom is -0.478 e. The molecule has 3 N–H and O–H groups in total. The van der Waals surface area contributed by atoms with Gasteiger partial charge in [-0.1, -0.05) is 0 Å². The lowest BCUT2D eigenvalue weighted by Crippen LogP contribution is -2.13. The van der Waals surface area contributed by atoms with Crippen molar-refractivity contribution in [2.24, 2.45) is 10.7 Å². The molecular formula is C9H7ClFN3O4. The minimum atomic E-state index is -1.68. The Morgan fingerprint density at radius 2 is 2.22 bits per heavy atom. The van der Waals surface area contributed by atoms with E-state index in [0.717, 1.165) is 6.07 Å². The number of alkyl halides is 1. The Labute approximate surface area is 105 Å². The molecule has 18 heavy (non-hydrogen) atoms. The summed E-state index contributed by atoms with van der Waals surface area (Å²) < 4.78 is 13.4. The van der Waals surface area contributed by atoms with Gasteiger partial charge in [0, 0.05) is 6.07 Å². The molecule has 0 unspecified atom stereocenters. The lowest BCUT2D eigenvalue weighted by molar-refractivity contribution is -0.384. The van der Waals surface area contributed by atoms with Crippen LogP contribution in [-0.2, 0) is 0 Å². The van der Waals surface area contributed by atoms with Gasteiger partial charge < -0.3 is 10.8 Å². The third-order valence-electron chi connectivity index (χ3n) is 1.91. The SMILES string of the molecule is NC(CCl)=Nc1c([N+](=O)[O-])ccc(F)c1C(=O)O. The molecule has 0 atom stereocenters. The van der Waals surface area contributed by atoms with Crippen LogP contribution in [0.25, 0.3) is 0 Å². The van der Waals surface area contributed by atoms with Gasteiger partial charge in [0.05, 0.1) is 10.8 Å². The number of halogens is 2. The van der Waals surface area contributed by atoms with Crippen LogP contribution in [0.5, 0.6) is 0 Å². The standard InChI is InChI=1S/C9H7ClFN3O4/c10-3-6(12)13-8-5(14(17)18)2-1-4(11)7(8)9(15)16/h1-2H,3H2,(H2,12,13)(H,15,16). The molecule has 96 valence electrons. The van der Waals surface area contributed by atoms with E-state index >= 15 is 0 Å². The summed E-state index contributed by atoms with van der Waals surface area (Å²) in [7, 11) is 0. The minimum absolute atomic E-state index is 0.257. The van der Waals surface area contributed by atoms with Crippen molar-refractivity contribution in [3.63, 3.8) is 0 Å². The molecule has 0 saturated carbocycles. The highest BCUT2D eigenvalue weighted by Crippen LogP contribution is 2.33. The maximum Gasteiger partial charge on any atom is 0.341 e. The van der Waals surface area contributed by atoms with Crippen LogP contribution < -0.4 is 5.73 Å². The lowest BCUT2D eigenvalue weighted by atomic mass is 10.1. The van der Waals surface area contributed by atoms with E-state index in [0.29, 0.717) is 6.07 Å². The molecule has 0 saturated heterocycles. The van der Waals surface area contributed by atoms with Crippen molar-refractivity contribution < 1.29 is 19.2 Å². The highest BCUT2D eigenvalue weighted by Gasteiger charge is 2.25. The molecule has 1 aromatic carbocycles. The molecule has 0 bridgehead atoms. The average Bonchev–Trinajstić information content (AvgIpc) is 2.27. The van der Waals surface area contributed by atoms with E-state index in [-0.39, 0.29) is 11.7 Å². The number of hydrogen-bond donors (Lipinski definition) is 2. The number of benzene rings is 1. The van der Waals surface area contributed by atoms with E-state index < -0.39 is 33.6 Å². The number of nitro groups is 1. The van der Waals surface area contributed by atoms with Crippen molar-refractivity contribution in [2.75, 3.05) is 5.88 Å². The number of carbonyl (C=O) groups is 1. The van der Waals surface area contributed by atoms with Crippen molar-refractivity contribution in [3.8, 4) is 0 Å². The zero-order valence-corrected chi connectivity index (χ0v) is 9.52. The summed E-state index contributed by atoms with van der Waals surface area (Å²) in [5.74, 6) is -3.35. The summed E-state index contributed by atoms with van der Waals surface area (Å²) in [6.45, 7) is 0. The Balaban J connectivity index is 3.64. The van der Waals surface area contributed by atoms with Gasteiger partial charge in [-0.3, -0.25) is 10.1 Å². The van der Waals surface area contributed by atoms with Gasteiger partial charge in [0.1, 0.15) is 17.2 Å². The zero-order valence-electron chi connectivity index (χ0n) is 8.76. The second-order valence-corrected chi connectivity index (χ2v) is 3.36. The Morgan fingerprint density at radius 3 is 2.67 bits per heavy atom. The van der Waals surface area contributed by atoms with Gasteiger partial charge in [0.2, 0.25) is 0 Å². The summed E-state index contributed by atoms with van der Waals surface area (Å²) in [6, 6.07) is 1.49. The number of carboxylic acid groups (broad SMARTS) is 1. The Morgan fingerprint density at radius 1 is 1.61 bits per heavy atom. The summed E-state index contributed by atoms with van der Waals surface area (Å²) >= 11 is 5.34. The molecule has 0 heterocycles. The van der Waals surface area contributed by atoms with Crippen LogP contribution >= 0.6 is 11.6 Å². The van der Waals surface area contributed by atoms with Crippen LogP contribution in [0.3, 0.4) is 0 Å². The Kier molecular flexibility index (Phi) is 4.16. The first-order chi connectivity index (χ1) is 8.38. The second kappa shape index (κ2) is 5.41. The van der Waals surface area contributed by atoms with Crippen LogP contribution in [0.2, 0.25) is 0 Å². The largest absolute Gasteiger partial charge is 0.478 e. The zero-order chi connectivity index (χ0) is 13.9. The first kappa shape index (κ1) is 13.8. The van der Waals surface area contributed by atoms with Crippen molar-refractivity contribution in [1.29, 1.82) is 0 Å². The van der Waals surface area contributed by atoms with E-state index in [4.69, 9.17) is 22.4 Å². The monoisotopic (exact) mass is 275 g/mol. The fourth-order valence-corrected chi connectivity index (χ4v) is 1.25. The predicted molar refractivity (Wildman–Crippen MR) is 62.0 cm³/mol. The molecule has 0 radical (unpaired) electrons. The predicted octanol–water partition coefficient (Wildman–Crippen LogP) is 1.66. The Hall–Kier alpha value is -2.22. The molecule has 0 aliphatic rings. The number of aromatic carboxylic acids is 1. The van der Waals surface area contributed by atoms with Crippen LogP contribution in [-0.4, -0.2) is 27.7 Å². The Bertz CT molecular complexity index is 547. The van der Waals surface area contributed by atoms with Crippen molar-refractivity contribution >= 4 is 34.8 Å². The van der Waals surface area contributed by atoms with Crippen molar-refractivity contribution in [2.45, 2.75) is 0 Å². The molecule has 0 aromatic heterocycles. The summed E-state index contributed by atoms with van der Waals surface area (Å²) in [5, 5.41) is 19.6. The summed E-state index contributed by atoms with van der Waals surface area (Å²) in [4.78, 5) is 24.2. The lowest BCUT2D eigenvalue weighted by Gasteiger charge is -2.04. The molecule has 0 aliphatic heterocycles. The first-order valence-corrected chi connectivity index (χ1v) is 5.01. The summed E-state index contributed by atoms with van der Waals surface area (Å²) in [6.07, 6.45) is 0. The fraction of sp³-hybridized carbons (Fsp3) is 0.111. The first-order valence-electron chi connectivity index (χ1n) is 4.47. The van der Waals surface area contributed by atoms with Gasteiger partial charge in [-0.05, 0) is 6.07 Å². The third-order valence-corrected chi connectivity index (χ3v) is 2.18. The molecule has 1 rings (SSSR count). The van der Waals surface area contributed by atoms with Gasteiger partial charge in [-0.25, -0.2) is 14.2 Å². The van der Waals surface area contributed by atoms with E-state index in [9.17, 15) is 19.3 Å². The van der Waals surface area contributed by atoms with Crippen molar-refractivity contribution in [3.05, 3.63) is 33.6 Å². The number of hydrogen-bond acceptors (Lipinski definition) is 4. The molecule has 7 nitrogen and oxygen atoms in total. The van der Waals surface area contributed by atoms with E-state index in [1.165, 1.54) is 0 Å². The number of aliphatic imine (C=N–C) groups is 1. The topological polar surface area (TPSA) is 119 Å². The number of carboxylic acids is 1. The number of rotatable bonds is 4. The van der Waals surface area contributed by atoms with Gasteiger partial charge in [0.25, 0.3) is 5.69 Å². The maximum atomic E-state index is 13.4. The highest BCUT2D eigenvalue weighted by molar-refractivity contribution is 6.28. The molecule has 0 fully saturated rings.